The molecule has 100 valence electrons. The minimum Gasteiger partial charge on any atom is -0.352 e. The number of amides is 1. The molecular formula is C13H16N4OS. The van der Waals surface area contributed by atoms with Crippen molar-refractivity contribution in [1.82, 2.24) is 20.5 Å². The Kier molecular flexibility index (Phi) is 3.59. The number of thiophene rings is 1. The molecule has 2 aromatic heterocycles. The third-order valence-corrected chi connectivity index (χ3v) is 4.51. The zero-order chi connectivity index (χ0) is 13.1. The number of hydrogen-bond donors (Lipinski definition) is 2. The molecule has 6 heteroatoms. The fraction of sp³-hybridized carbons (Fsp3) is 0.462. The summed E-state index contributed by atoms with van der Waals surface area (Å²) in [5.41, 5.74) is 2.14. The molecular weight excluding hydrogens is 260 g/mol. The number of aromatic amines is 1. The number of aromatic nitrogens is 3. The fourth-order valence-electron chi connectivity index (χ4n) is 2.43. The van der Waals surface area contributed by atoms with Crippen LogP contribution in [0.1, 0.15) is 39.5 Å². The highest BCUT2D eigenvalue weighted by molar-refractivity contribution is 7.10. The average molecular weight is 276 g/mol. The molecule has 0 unspecified atom stereocenters. The van der Waals surface area contributed by atoms with E-state index >= 15 is 0 Å². The van der Waals surface area contributed by atoms with Crippen LogP contribution in [0.4, 0.5) is 0 Å². The first-order chi connectivity index (χ1) is 9.34. The molecule has 1 aliphatic rings. The molecule has 0 aromatic carbocycles. The lowest BCUT2D eigenvalue weighted by atomic mass is 9.96. The SMILES string of the molecule is O=C(NCCc1ncn[nH]1)c1csc2c1CCCC2. The fourth-order valence-corrected chi connectivity index (χ4v) is 3.55. The predicted octanol–water partition coefficient (Wildman–Crippen LogP) is 1.72. The van der Waals surface area contributed by atoms with Gasteiger partial charge in [0.15, 0.2) is 0 Å². The van der Waals surface area contributed by atoms with Gasteiger partial charge in [-0.25, -0.2) is 4.98 Å². The number of carbonyl (C=O) groups excluding carboxylic acids is 1. The molecule has 0 bridgehead atoms. The summed E-state index contributed by atoms with van der Waals surface area (Å²) in [6.45, 7) is 0.582. The van der Waals surface area contributed by atoms with Crippen molar-refractivity contribution in [2.45, 2.75) is 32.1 Å². The van der Waals surface area contributed by atoms with E-state index in [0.29, 0.717) is 13.0 Å². The van der Waals surface area contributed by atoms with Crippen molar-refractivity contribution in [1.29, 1.82) is 0 Å². The van der Waals surface area contributed by atoms with Gasteiger partial charge in [-0.15, -0.1) is 11.3 Å². The minimum atomic E-state index is 0.0407. The highest BCUT2D eigenvalue weighted by Crippen LogP contribution is 2.29. The monoisotopic (exact) mass is 276 g/mol. The highest BCUT2D eigenvalue weighted by Gasteiger charge is 2.19. The molecule has 0 fully saturated rings. The smallest absolute Gasteiger partial charge is 0.252 e. The maximum Gasteiger partial charge on any atom is 0.252 e. The van der Waals surface area contributed by atoms with E-state index in [-0.39, 0.29) is 5.91 Å². The molecule has 1 amide bonds. The third kappa shape index (κ3) is 2.68. The van der Waals surface area contributed by atoms with Gasteiger partial charge in [0, 0.05) is 23.2 Å². The molecule has 2 heterocycles. The molecule has 2 aromatic rings. The Morgan fingerprint density at radius 2 is 2.32 bits per heavy atom. The Morgan fingerprint density at radius 3 is 3.16 bits per heavy atom. The summed E-state index contributed by atoms with van der Waals surface area (Å²) >= 11 is 1.72. The summed E-state index contributed by atoms with van der Waals surface area (Å²) in [4.78, 5) is 17.6. The largest absolute Gasteiger partial charge is 0.352 e. The van der Waals surface area contributed by atoms with Gasteiger partial charge in [0.25, 0.3) is 5.91 Å². The Bertz CT molecular complexity index is 561. The Hall–Kier alpha value is -1.69. The van der Waals surface area contributed by atoms with Crippen LogP contribution in [0.3, 0.4) is 0 Å². The Morgan fingerprint density at radius 1 is 1.42 bits per heavy atom. The van der Waals surface area contributed by atoms with Gasteiger partial charge in [0.2, 0.25) is 0 Å². The first-order valence-electron chi connectivity index (χ1n) is 6.56. The Balaban J connectivity index is 1.59. The maximum absolute atomic E-state index is 12.2. The number of carbonyl (C=O) groups is 1. The summed E-state index contributed by atoms with van der Waals surface area (Å²) in [5.74, 6) is 0.839. The van der Waals surface area contributed by atoms with Gasteiger partial charge in [-0.05, 0) is 31.2 Å². The Labute approximate surface area is 115 Å². The summed E-state index contributed by atoms with van der Waals surface area (Å²) in [6, 6.07) is 0. The van der Waals surface area contributed by atoms with Crippen LogP contribution in [0.15, 0.2) is 11.7 Å². The topological polar surface area (TPSA) is 70.7 Å². The van der Waals surface area contributed by atoms with Crippen LogP contribution in [0.2, 0.25) is 0 Å². The lowest BCUT2D eigenvalue weighted by Gasteiger charge is -2.12. The third-order valence-electron chi connectivity index (χ3n) is 3.42. The second-order valence-electron chi connectivity index (χ2n) is 4.70. The van der Waals surface area contributed by atoms with Crippen LogP contribution in [0.25, 0.3) is 0 Å². The van der Waals surface area contributed by atoms with Crippen molar-refractivity contribution in [3.8, 4) is 0 Å². The standard InChI is InChI=1S/C13H16N4OS/c18-13(14-6-5-12-15-8-16-17-12)10-7-19-11-4-2-1-3-9(10)11/h7-8H,1-6H2,(H,14,18)(H,15,16,17). The van der Waals surface area contributed by atoms with Crippen LogP contribution in [0, 0.1) is 0 Å². The molecule has 1 aliphatic carbocycles. The number of nitrogens with zero attached hydrogens (tertiary/aromatic N) is 2. The second kappa shape index (κ2) is 5.52. The summed E-state index contributed by atoms with van der Waals surface area (Å²) in [5, 5.41) is 11.5. The maximum atomic E-state index is 12.2. The van der Waals surface area contributed by atoms with Gasteiger partial charge >= 0.3 is 0 Å². The van der Waals surface area contributed by atoms with E-state index in [2.05, 4.69) is 20.5 Å². The van der Waals surface area contributed by atoms with Crippen LogP contribution in [-0.2, 0) is 19.3 Å². The van der Waals surface area contributed by atoms with Gasteiger partial charge in [0.05, 0.1) is 5.56 Å². The van der Waals surface area contributed by atoms with Gasteiger partial charge in [0.1, 0.15) is 12.2 Å². The van der Waals surface area contributed by atoms with E-state index in [1.54, 1.807) is 11.3 Å². The highest BCUT2D eigenvalue weighted by atomic mass is 32.1. The van der Waals surface area contributed by atoms with Gasteiger partial charge < -0.3 is 5.32 Å². The number of nitrogens with one attached hydrogen (secondary N) is 2. The van der Waals surface area contributed by atoms with Crippen molar-refractivity contribution < 1.29 is 4.79 Å². The molecule has 0 spiro atoms. The number of aryl methyl sites for hydroxylation is 1. The molecule has 0 saturated heterocycles. The van der Waals surface area contributed by atoms with Crippen LogP contribution in [-0.4, -0.2) is 27.6 Å². The zero-order valence-corrected chi connectivity index (χ0v) is 11.4. The normalized spacial score (nSPS) is 14.1. The van der Waals surface area contributed by atoms with E-state index in [4.69, 9.17) is 0 Å². The minimum absolute atomic E-state index is 0.0407. The summed E-state index contributed by atoms with van der Waals surface area (Å²) in [6.07, 6.45) is 6.78. The number of fused-ring (bicyclic) bond motifs is 1. The lowest BCUT2D eigenvalue weighted by Crippen LogP contribution is -2.26. The van der Waals surface area contributed by atoms with Crippen LogP contribution in [0.5, 0.6) is 0 Å². The van der Waals surface area contributed by atoms with E-state index in [1.807, 2.05) is 5.38 Å². The number of H-pyrrole nitrogens is 1. The molecule has 0 aliphatic heterocycles. The van der Waals surface area contributed by atoms with Gasteiger partial charge in [-0.3, -0.25) is 9.89 Å². The van der Waals surface area contributed by atoms with Crippen molar-refractivity contribution in [3.05, 3.63) is 33.5 Å². The molecule has 0 radical (unpaired) electrons. The zero-order valence-electron chi connectivity index (χ0n) is 10.6. The van der Waals surface area contributed by atoms with Crippen molar-refractivity contribution in [2.24, 2.45) is 0 Å². The van der Waals surface area contributed by atoms with Crippen LogP contribution < -0.4 is 5.32 Å². The molecule has 0 atom stereocenters. The quantitative estimate of drug-likeness (QED) is 0.893. The molecule has 19 heavy (non-hydrogen) atoms. The van der Waals surface area contributed by atoms with Gasteiger partial charge in [-0.2, -0.15) is 5.10 Å². The second-order valence-corrected chi connectivity index (χ2v) is 5.66. The van der Waals surface area contributed by atoms with E-state index in [1.165, 1.54) is 29.6 Å². The average Bonchev–Trinajstić information content (AvgIpc) is 3.07. The van der Waals surface area contributed by atoms with Gasteiger partial charge in [-0.1, -0.05) is 0 Å². The van der Waals surface area contributed by atoms with Crippen molar-refractivity contribution in [2.75, 3.05) is 6.54 Å². The molecule has 5 nitrogen and oxygen atoms in total. The first kappa shape index (κ1) is 12.3. The van der Waals surface area contributed by atoms with Crippen molar-refractivity contribution in [3.63, 3.8) is 0 Å². The van der Waals surface area contributed by atoms with E-state index < -0.39 is 0 Å². The molecule has 2 N–H and O–H groups in total. The predicted molar refractivity (Wildman–Crippen MR) is 73.4 cm³/mol. The van der Waals surface area contributed by atoms with E-state index in [9.17, 15) is 4.79 Å². The van der Waals surface area contributed by atoms with Crippen LogP contribution >= 0.6 is 11.3 Å². The first-order valence-corrected chi connectivity index (χ1v) is 7.44. The molecule has 0 saturated carbocycles. The van der Waals surface area contributed by atoms with Crippen molar-refractivity contribution >= 4 is 17.2 Å². The van der Waals surface area contributed by atoms with E-state index in [0.717, 1.165) is 24.2 Å². The number of rotatable bonds is 4. The number of hydrogen-bond acceptors (Lipinski definition) is 4. The lowest BCUT2D eigenvalue weighted by molar-refractivity contribution is 0.0953. The summed E-state index contributed by atoms with van der Waals surface area (Å²) in [7, 11) is 0. The molecule has 3 rings (SSSR count). The summed E-state index contributed by atoms with van der Waals surface area (Å²) < 4.78 is 0.